The van der Waals surface area contributed by atoms with Gasteiger partial charge in [-0.05, 0) is 0 Å². The summed E-state index contributed by atoms with van der Waals surface area (Å²) in [6, 6.07) is 36.7. The standard InChI is InChI=1S/C15H10Br.C15H9S.2C2H6N.Zr/c16-15-8-4-7-12-9-13(10-14(12)15)11-5-2-1-3-6-11;1-2-10-8-14(3-1)16-15-5-4-11-6-12(10)7-13(11)9-15;2*1-3-2;/h1-10H;1-9H;2*1-2H3;/q;;2*-1;+2. The number of hydrogen-bond donors (Lipinski definition) is 0. The normalized spacial score (nSPS) is 18.0. The number of allylic oxidation sites excluding steroid dienone is 1. The van der Waals surface area contributed by atoms with Gasteiger partial charge in [0.15, 0.2) is 0 Å². The van der Waals surface area contributed by atoms with Crippen LogP contribution in [0.25, 0.3) is 31.8 Å². The minimum atomic E-state index is -3.75. The van der Waals surface area contributed by atoms with Crippen molar-refractivity contribution in [2.75, 3.05) is 28.2 Å². The van der Waals surface area contributed by atoms with Crippen LogP contribution in [0.4, 0.5) is 0 Å². The first-order valence-electron chi connectivity index (χ1n) is 13.4. The Morgan fingerprint density at radius 3 is 2.15 bits per heavy atom. The Bertz CT molecular complexity index is 1790. The molecule has 4 aromatic carbocycles. The van der Waals surface area contributed by atoms with Crippen LogP contribution in [-0.4, -0.2) is 33.9 Å². The van der Waals surface area contributed by atoms with Crippen molar-refractivity contribution in [3.05, 3.63) is 129 Å². The molecule has 0 amide bonds. The molecular formula is C34H31BrN2SZr. The maximum absolute atomic E-state index is 4.04. The maximum atomic E-state index is 4.04. The average Bonchev–Trinajstić information content (AvgIpc) is 3.50. The van der Waals surface area contributed by atoms with Crippen molar-refractivity contribution in [3.63, 3.8) is 0 Å². The van der Waals surface area contributed by atoms with Gasteiger partial charge in [-0.15, -0.1) is 0 Å². The molecule has 2 atom stereocenters. The minimum absolute atomic E-state index is 0.303. The molecule has 2 aliphatic carbocycles. The van der Waals surface area contributed by atoms with Crippen LogP contribution in [0.1, 0.15) is 35.1 Å². The van der Waals surface area contributed by atoms with Crippen LogP contribution >= 0.6 is 27.3 Å². The Hall–Kier alpha value is -2.14. The van der Waals surface area contributed by atoms with E-state index in [0.717, 1.165) is 0 Å². The quantitative estimate of drug-likeness (QED) is 0.184. The second-order valence-corrected chi connectivity index (χ2v) is 24.3. The zero-order valence-electron chi connectivity index (χ0n) is 22.7. The van der Waals surface area contributed by atoms with E-state index in [-0.39, 0.29) is 0 Å². The van der Waals surface area contributed by atoms with E-state index in [0.29, 0.717) is 7.25 Å². The van der Waals surface area contributed by atoms with Gasteiger partial charge in [0.1, 0.15) is 0 Å². The predicted octanol–water partition coefficient (Wildman–Crippen LogP) is 9.18. The van der Waals surface area contributed by atoms with Crippen LogP contribution in [0.5, 0.6) is 0 Å². The number of fused-ring (bicyclic) bond motifs is 6. The molecule has 0 saturated carbocycles. The first kappa shape index (κ1) is 25.8. The van der Waals surface area contributed by atoms with Crippen LogP contribution < -0.4 is 0 Å². The molecule has 0 spiro atoms. The third-order valence-electron chi connectivity index (χ3n) is 8.78. The summed E-state index contributed by atoms with van der Waals surface area (Å²) in [6.07, 6.45) is 2.47. The first-order chi connectivity index (χ1) is 18.9. The Kier molecular flexibility index (Phi) is 6.45. The van der Waals surface area contributed by atoms with Crippen LogP contribution in [0.15, 0.2) is 102 Å². The van der Waals surface area contributed by atoms with E-state index in [9.17, 15) is 0 Å². The molecule has 1 heterocycles. The van der Waals surface area contributed by atoms with Gasteiger partial charge in [0.2, 0.25) is 0 Å². The van der Waals surface area contributed by atoms with Crippen molar-refractivity contribution in [1.29, 1.82) is 0 Å². The van der Waals surface area contributed by atoms with Crippen molar-refractivity contribution in [1.82, 2.24) is 5.69 Å². The van der Waals surface area contributed by atoms with Gasteiger partial charge >= 0.3 is 250 Å². The number of halogens is 1. The van der Waals surface area contributed by atoms with Gasteiger partial charge < -0.3 is 0 Å². The van der Waals surface area contributed by atoms with Gasteiger partial charge in [-0.3, -0.25) is 0 Å². The molecule has 39 heavy (non-hydrogen) atoms. The zero-order chi connectivity index (χ0) is 26.9. The van der Waals surface area contributed by atoms with E-state index in [1.165, 1.54) is 58.0 Å². The summed E-state index contributed by atoms with van der Waals surface area (Å²) in [4.78, 5) is 0. The average molecular weight is 671 g/mol. The summed E-state index contributed by atoms with van der Waals surface area (Å²) in [5, 5.41) is 2.76. The van der Waals surface area contributed by atoms with E-state index >= 15 is 0 Å². The summed E-state index contributed by atoms with van der Waals surface area (Å²) in [5.74, 6) is 0. The number of hydrogen-bond acceptors (Lipinski definition) is 3. The third kappa shape index (κ3) is 3.89. The summed E-state index contributed by atoms with van der Waals surface area (Å²) in [5.41, 5.74) is 8.56. The molecular weight excluding hydrogens is 640 g/mol. The molecule has 194 valence electrons. The van der Waals surface area contributed by atoms with Crippen molar-refractivity contribution in [2.24, 2.45) is 0 Å². The molecule has 0 N–H and O–H groups in total. The number of rotatable bonds is 5. The second kappa shape index (κ2) is 9.75. The molecule has 5 aromatic rings. The summed E-state index contributed by atoms with van der Waals surface area (Å²) in [6.45, 7) is 0. The Balaban J connectivity index is 1.59. The Labute approximate surface area is 248 Å². The Morgan fingerprint density at radius 2 is 1.38 bits per heavy atom. The van der Waals surface area contributed by atoms with Crippen LogP contribution in [-0.2, 0) is 20.8 Å². The van der Waals surface area contributed by atoms with E-state index < -0.39 is 20.8 Å². The van der Waals surface area contributed by atoms with E-state index in [1.807, 2.05) is 11.3 Å². The molecule has 2 nitrogen and oxygen atoms in total. The van der Waals surface area contributed by atoms with Crippen LogP contribution in [0, 0.1) is 0 Å². The molecule has 0 saturated heterocycles. The van der Waals surface area contributed by atoms with Gasteiger partial charge in [-0.1, -0.05) is 0 Å². The van der Waals surface area contributed by atoms with Gasteiger partial charge in [-0.2, -0.15) is 0 Å². The SMILES string of the molecule is C[N](C)[Zr]([CH]1C(c2ccccc2)=Cc2cccc(Br)c21)([CH]1c2cc3cc(ccc31)sc1cccc2c1)[N](C)C. The fraction of sp³-hybridized carbons (Fsp3) is 0.176. The van der Waals surface area contributed by atoms with Crippen molar-refractivity contribution in [3.8, 4) is 0 Å². The van der Waals surface area contributed by atoms with E-state index in [1.54, 1.807) is 0 Å². The zero-order valence-corrected chi connectivity index (χ0v) is 27.5. The second-order valence-electron chi connectivity index (χ2n) is 11.2. The van der Waals surface area contributed by atoms with Crippen molar-refractivity contribution < 1.29 is 20.8 Å². The fourth-order valence-corrected chi connectivity index (χ4v) is 24.3. The molecule has 0 fully saturated rings. The molecule has 5 heteroatoms. The van der Waals surface area contributed by atoms with Crippen molar-refractivity contribution >= 4 is 59.1 Å². The van der Waals surface area contributed by atoms with Gasteiger partial charge in [0.05, 0.1) is 0 Å². The van der Waals surface area contributed by atoms with Crippen LogP contribution in [0.3, 0.4) is 0 Å². The Morgan fingerprint density at radius 1 is 0.667 bits per heavy atom. The molecule has 0 radical (unpaired) electrons. The van der Waals surface area contributed by atoms with Crippen molar-refractivity contribution in [2.45, 2.75) is 7.25 Å². The first-order valence-corrected chi connectivity index (χ1v) is 20.1. The molecule has 5 bridgehead atoms. The summed E-state index contributed by atoms with van der Waals surface area (Å²) >= 11 is 2.17. The fourth-order valence-electron chi connectivity index (χ4n) is 7.32. The molecule has 0 aliphatic heterocycles. The molecule has 7 rings (SSSR count). The summed E-state index contributed by atoms with van der Waals surface area (Å²) < 4.78 is 9.87. The third-order valence-corrected chi connectivity index (χ3v) is 24.7. The predicted molar refractivity (Wildman–Crippen MR) is 169 cm³/mol. The van der Waals surface area contributed by atoms with E-state index in [2.05, 4.69) is 153 Å². The number of nitrogens with zero attached hydrogens (tertiary/aromatic N) is 2. The van der Waals surface area contributed by atoms with E-state index in [4.69, 9.17) is 0 Å². The van der Waals surface area contributed by atoms with Gasteiger partial charge in [0.25, 0.3) is 0 Å². The molecule has 2 aliphatic rings. The monoisotopic (exact) mass is 668 g/mol. The molecule has 1 aromatic heterocycles. The van der Waals surface area contributed by atoms with Crippen LogP contribution in [0.2, 0.25) is 0 Å². The van der Waals surface area contributed by atoms with Gasteiger partial charge in [0, 0.05) is 0 Å². The molecule has 2 unspecified atom stereocenters. The summed E-state index contributed by atoms with van der Waals surface area (Å²) in [7, 11) is 9.43. The van der Waals surface area contributed by atoms with Gasteiger partial charge in [-0.25, -0.2) is 0 Å². The topological polar surface area (TPSA) is 6.48 Å². The number of benzene rings is 4.